The fourth-order valence-corrected chi connectivity index (χ4v) is 1.31. The van der Waals surface area contributed by atoms with Crippen molar-refractivity contribution in [3.63, 3.8) is 0 Å². The molecule has 0 amide bonds. The molecule has 1 fully saturated rings. The van der Waals surface area contributed by atoms with Crippen LogP contribution in [0.25, 0.3) is 0 Å². The lowest BCUT2D eigenvalue weighted by Gasteiger charge is -1.85. The maximum absolute atomic E-state index is 10.3. The second-order valence-corrected chi connectivity index (χ2v) is 2.54. The van der Waals surface area contributed by atoms with E-state index >= 15 is 0 Å². The molecule has 0 aliphatic carbocycles. The van der Waals surface area contributed by atoms with E-state index in [0.717, 1.165) is 17.5 Å². The highest BCUT2D eigenvalue weighted by Gasteiger charge is 2.23. The topological polar surface area (TPSA) is 37.0 Å². The quantitative estimate of drug-likeness (QED) is 0.462. The van der Waals surface area contributed by atoms with Gasteiger partial charge in [0.1, 0.15) is 0 Å². The number of carbonyl (C=O) groups is 1. The molecule has 0 saturated carbocycles. The second kappa shape index (κ2) is 1.84. The molecule has 1 saturated heterocycles. The molecule has 1 heterocycles. The first-order valence-electron chi connectivity index (χ1n) is 2.13. The van der Waals surface area contributed by atoms with E-state index in [1.54, 1.807) is 0 Å². The van der Waals surface area contributed by atoms with Crippen LogP contribution in [0, 0.1) is 0 Å². The highest BCUT2D eigenvalue weighted by Crippen LogP contribution is 2.18. The normalized spacial score (nSPS) is 31.6. The van der Waals surface area contributed by atoms with Gasteiger partial charge in [-0.3, -0.25) is 4.79 Å². The molecule has 1 aliphatic rings. The van der Waals surface area contributed by atoms with Gasteiger partial charge in [0, 0.05) is 5.75 Å². The van der Waals surface area contributed by atoms with Gasteiger partial charge in [0.2, 0.25) is 5.12 Å². The number of hydrogen-bond acceptors (Lipinski definition) is 2. The summed E-state index contributed by atoms with van der Waals surface area (Å²) in [5, 5.41) is 10.1. The lowest BCUT2D eigenvalue weighted by Crippen LogP contribution is -2.06. The molecule has 1 atom stereocenters. The van der Waals surface area contributed by atoms with Gasteiger partial charge >= 0.3 is 0 Å². The Morgan fingerprint density at radius 1 is 1.71 bits per heavy atom. The monoisotopic (exact) mass is 117 g/mol. The molecule has 0 aromatic rings. The highest BCUT2D eigenvalue weighted by atomic mass is 32.2. The number of thioether (sulfide) groups is 1. The zero-order valence-electron chi connectivity index (χ0n) is 3.72. The largest absolute Gasteiger partial charge is 0.284 e. The molecule has 0 spiro atoms. The molecule has 1 unspecified atom stereocenters. The van der Waals surface area contributed by atoms with E-state index in [2.05, 4.69) is 0 Å². The Kier molecular flexibility index (Phi) is 1.35. The highest BCUT2D eigenvalue weighted by molar-refractivity contribution is 8.14. The zero-order valence-corrected chi connectivity index (χ0v) is 4.53. The number of carbonyl (C=O) groups excluding carboxylic acids is 1. The van der Waals surface area contributed by atoms with Crippen LogP contribution in [-0.2, 0) is 9.90 Å². The first-order valence-corrected chi connectivity index (χ1v) is 3.12. The van der Waals surface area contributed by atoms with Crippen LogP contribution < -0.4 is 0 Å². The van der Waals surface area contributed by atoms with Crippen molar-refractivity contribution in [3.05, 3.63) is 0 Å². The Morgan fingerprint density at radius 3 is 2.57 bits per heavy atom. The predicted octanol–water partition coefficient (Wildman–Crippen LogP) is 0.449. The summed E-state index contributed by atoms with van der Waals surface area (Å²) < 4.78 is 0. The second-order valence-electron chi connectivity index (χ2n) is 1.44. The molecule has 39 valence electrons. The molecule has 0 N–H and O–H groups in total. The average Bonchev–Trinajstić information content (AvgIpc) is 1.91. The zero-order chi connectivity index (χ0) is 5.28. The minimum absolute atomic E-state index is 0.181. The van der Waals surface area contributed by atoms with Gasteiger partial charge in [-0.15, -0.1) is 0 Å². The van der Waals surface area contributed by atoms with E-state index in [0.29, 0.717) is 6.42 Å². The molecule has 1 rings (SSSR count). The number of rotatable bonds is 0. The van der Waals surface area contributed by atoms with Crippen LogP contribution in [0.15, 0.2) is 0 Å². The van der Waals surface area contributed by atoms with Gasteiger partial charge in [0.15, 0.2) is 6.10 Å². The van der Waals surface area contributed by atoms with Crippen molar-refractivity contribution in [2.75, 3.05) is 5.75 Å². The maximum atomic E-state index is 10.3. The van der Waals surface area contributed by atoms with Crippen molar-refractivity contribution in [1.29, 1.82) is 0 Å². The maximum Gasteiger partial charge on any atom is 0.221 e. The Morgan fingerprint density at radius 2 is 2.43 bits per heavy atom. The minimum atomic E-state index is -0.912. The van der Waals surface area contributed by atoms with Crippen molar-refractivity contribution in [2.45, 2.75) is 12.5 Å². The van der Waals surface area contributed by atoms with Gasteiger partial charge in [0.05, 0.1) is 0 Å². The van der Waals surface area contributed by atoms with Crippen LogP contribution in [-0.4, -0.2) is 17.0 Å². The van der Waals surface area contributed by atoms with Crippen LogP contribution in [0.1, 0.15) is 6.42 Å². The van der Waals surface area contributed by atoms with Gasteiger partial charge in [-0.2, -0.15) is 0 Å². The molecule has 0 bridgehead atoms. The summed E-state index contributed by atoms with van der Waals surface area (Å²) >= 11 is 1.15. The molecule has 0 aromatic heterocycles. The Bertz CT molecular complexity index is 91.7. The van der Waals surface area contributed by atoms with Crippen molar-refractivity contribution < 1.29 is 9.90 Å². The third-order valence-electron chi connectivity index (χ3n) is 0.887. The molecular weight excluding hydrogens is 112 g/mol. The Labute approximate surface area is 45.9 Å². The SMILES string of the molecule is [O]C1CCSC1=O. The van der Waals surface area contributed by atoms with Gasteiger partial charge in [-0.05, 0) is 6.42 Å². The van der Waals surface area contributed by atoms with Crippen LogP contribution in [0.2, 0.25) is 0 Å². The Hall–Kier alpha value is -0.0200. The van der Waals surface area contributed by atoms with Crippen molar-refractivity contribution in [2.24, 2.45) is 0 Å². The summed E-state index contributed by atoms with van der Waals surface area (Å²) in [5.41, 5.74) is 0. The lowest BCUT2D eigenvalue weighted by molar-refractivity contribution is -0.120. The molecular formula is C4H5O2S. The molecule has 0 aromatic carbocycles. The summed E-state index contributed by atoms with van der Waals surface area (Å²) in [4.78, 5) is 10.2. The predicted molar refractivity (Wildman–Crippen MR) is 26.6 cm³/mol. The molecule has 1 aliphatic heterocycles. The van der Waals surface area contributed by atoms with Gasteiger partial charge in [-0.25, -0.2) is 5.11 Å². The van der Waals surface area contributed by atoms with Gasteiger partial charge < -0.3 is 0 Å². The fourth-order valence-electron chi connectivity index (χ4n) is 0.477. The fraction of sp³-hybridized carbons (Fsp3) is 0.750. The van der Waals surface area contributed by atoms with Crippen molar-refractivity contribution in [3.8, 4) is 0 Å². The summed E-state index contributed by atoms with van der Waals surface area (Å²) in [5.74, 6) is 0.729. The average molecular weight is 117 g/mol. The molecule has 2 nitrogen and oxygen atoms in total. The van der Waals surface area contributed by atoms with Crippen molar-refractivity contribution >= 4 is 16.9 Å². The third kappa shape index (κ3) is 0.951. The first kappa shape index (κ1) is 5.12. The van der Waals surface area contributed by atoms with E-state index < -0.39 is 6.10 Å². The van der Waals surface area contributed by atoms with E-state index in [1.807, 2.05) is 0 Å². The standard InChI is InChI=1S/C4H5O2S/c5-3-1-2-7-4(3)6/h3H,1-2H2. The van der Waals surface area contributed by atoms with E-state index in [-0.39, 0.29) is 5.12 Å². The van der Waals surface area contributed by atoms with Crippen LogP contribution in [0.4, 0.5) is 0 Å². The van der Waals surface area contributed by atoms with Crippen LogP contribution in [0.3, 0.4) is 0 Å². The smallest absolute Gasteiger partial charge is 0.221 e. The molecule has 1 radical (unpaired) electrons. The first-order chi connectivity index (χ1) is 3.30. The van der Waals surface area contributed by atoms with Gasteiger partial charge in [0.25, 0.3) is 0 Å². The Balaban J connectivity index is 2.48. The van der Waals surface area contributed by atoms with E-state index in [1.165, 1.54) is 0 Å². The summed E-state index contributed by atoms with van der Waals surface area (Å²) in [7, 11) is 0. The summed E-state index contributed by atoms with van der Waals surface area (Å²) in [6.45, 7) is 0. The molecule has 3 heteroatoms. The molecule has 7 heavy (non-hydrogen) atoms. The van der Waals surface area contributed by atoms with Gasteiger partial charge in [-0.1, -0.05) is 11.8 Å². The van der Waals surface area contributed by atoms with Crippen molar-refractivity contribution in [1.82, 2.24) is 0 Å². The van der Waals surface area contributed by atoms with E-state index in [9.17, 15) is 9.90 Å². The van der Waals surface area contributed by atoms with E-state index in [4.69, 9.17) is 0 Å². The number of hydrogen-bond donors (Lipinski definition) is 0. The van der Waals surface area contributed by atoms with Crippen LogP contribution in [0.5, 0.6) is 0 Å². The summed E-state index contributed by atoms with van der Waals surface area (Å²) in [6, 6.07) is 0. The third-order valence-corrected chi connectivity index (χ3v) is 1.87. The summed E-state index contributed by atoms with van der Waals surface area (Å²) in [6.07, 6.45) is -0.381. The van der Waals surface area contributed by atoms with Crippen LogP contribution >= 0.6 is 11.8 Å². The minimum Gasteiger partial charge on any atom is -0.284 e. The lowest BCUT2D eigenvalue weighted by atomic mass is 10.3.